The summed E-state index contributed by atoms with van der Waals surface area (Å²) in [5.74, 6) is 0.148. The van der Waals surface area contributed by atoms with Gasteiger partial charge in [-0.2, -0.15) is 9.40 Å². The van der Waals surface area contributed by atoms with E-state index in [0.29, 0.717) is 45.7 Å². The summed E-state index contributed by atoms with van der Waals surface area (Å²) in [6, 6.07) is 16.5. The highest BCUT2D eigenvalue weighted by Crippen LogP contribution is 2.36. The number of rotatable bonds is 7. The highest BCUT2D eigenvalue weighted by Gasteiger charge is 2.34. The highest BCUT2D eigenvalue weighted by atomic mass is 32.2. The number of sulfonamides is 1. The minimum absolute atomic E-state index is 0.131. The molecule has 8 nitrogen and oxygen atoms in total. The quantitative estimate of drug-likeness (QED) is 0.274. The lowest BCUT2D eigenvalue weighted by Gasteiger charge is -2.34. The number of para-hydroxylation sites is 1. The zero-order chi connectivity index (χ0) is 28.6. The standard InChI is InChI=1S/C29H32N4O4S3/c1-19(2)15-32-28(34)26(39-29(32)38)14-23-18-33(24-10-6-5-7-11-24)30-27(23)22-9-8-12-25(13-22)40(35,36)31-16-20(3)37-21(4)17-31/h5-14,18-21H,15-17H2,1-4H3/b26-14-. The molecule has 3 heterocycles. The number of ether oxygens (including phenoxy) is 1. The van der Waals surface area contributed by atoms with E-state index in [1.807, 2.05) is 70.3 Å². The molecule has 11 heteroatoms. The zero-order valence-electron chi connectivity index (χ0n) is 22.9. The SMILES string of the molecule is CC(C)CN1C(=O)/C(=C/c2cn(-c3ccccc3)nc2-c2cccc(S(=O)(=O)N3CC(C)OC(C)C3)c2)SC1=S. The third kappa shape index (κ3) is 5.94. The summed E-state index contributed by atoms with van der Waals surface area (Å²) < 4.78 is 36.7. The third-order valence-corrected chi connectivity index (χ3v) is 9.81. The lowest BCUT2D eigenvalue weighted by Crippen LogP contribution is -2.48. The van der Waals surface area contributed by atoms with Crippen molar-refractivity contribution in [2.24, 2.45) is 5.92 Å². The molecule has 210 valence electrons. The molecule has 3 aromatic rings. The van der Waals surface area contributed by atoms with Gasteiger partial charge in [0.15, 0.2) is 0 Å². The van der Waals surface area contributed by atoms with E-state index in [4.69, 9.17) is 22.1 Å². The van der Waals surface area contributed by atoms with Gasteiger partial charge in [-0.25, -0.2) is 13.1 Å². The van der Waals surface area contributed by atoms with Gasteiger partial charge in [0.1, 0.15) is 10.0 Å². The predicted molar refractivity (Wildman–Crippen MR) is 162 cm³/mol. The van der Waals surface area contributed by atoms with Gasteiger partial charge in [0, 0.05) is 37.0 Å². The maximum absolute atomic E-state index is 13.6. The van der Waals surface area contributed by atoms with Crippen LogP contribution in [0.2, 0.25) is 0 Å². The van der Waals surface area contributed by atoms with Gasteiger partial charge < -0.3 is 4.74 Å². The molecule has 1 amide bonds. The van der Waals surface area contributed by atoms with Crippen molar-refractivity contribution in [1.29, 1.82) is 0 Å². The largest absolute Gasteiger partial charge is 0.373 e. The van der Waals surface area contributed by atoms with Crippen LogP contribution < -0.4 is 0 Å². The molecular weight excluding hydrogens is 565 g/mol. The van der Waals surface area contributed by atoms with Crippen molar-refractivity contribution in [1.82, 2.24) is 19.0 Å². The molecule has 0 saturated carbocycles. The summed E-state index contributed by atoms with van der Waals surface area (Å²) in [6.07, 6.45) is 3.27. The summed E-state index contributed by atoms with van der Waals surface area (Å²) in [7, 11) is -3.75. The Bertz CT molecular complexity index is 1560. The molecule has 5 rings (SSSR count). The van der Waals surface area contributed by atoms with Crippen molar-refractivity contribution < 1.29 is 17.9 Å². The number of carbonyl (C=O) groups is 1. The Labute approximate surface area is 245 Å². The van der Waals surface area contributed by atoms with E-state index in [2.05, 4.69) is 0 Å². The molecule has 0 spiro atoms. The second-order valence-corrected chi connectivity index (χ2v) is 14.1. The molecule has 0 bridgehead atoms. The Morgan fingerprint density at radius 1 is 1.10 bits per heavy atom. The summed E-state index contributed by atoms with van der Waals surface area (Å²) >= 11 is 6.77. The van der Waals surface area contributed by atoms with E-state index in [9.17, 15) is 13.2 Å². The van der Waals surface area contributed by atoms with Crippen LogP contribution in [0.25, 0.3) is 23.0 Å². The van der Waals surface area contributed by atoms with Gasteiger partial charge in [0.2, 0.25) is 10.0 Å². The van der Waals surface area contributed by atoms with Crippen LogP contribution in [0.3, 0.4) is 0 Å². The minimum Gasteiger partial charge on any atom is -0.373 e. The average Bonchev–Trinajstić information content (AvgIpc) is 3.45. The van der Waals surface area contributed by atoms with Gasteiger partial charge >= 0.3 is 0 Å². The normalized spacial score (nSPS) is 21.6. The highest BCUT2D eigenvalue weighted by molar-refractivity contribution is 8.26. The van der Waals surface area contributed by atoms with Gasteiger partial charge in [-0.05, 0) is 50.1 Å². The molecule has 2 aliphatic rings. The number of benzene rings is 2. The molecule has 2 fully saturated rings. The van der Waals surface area contributed by atoms with Gasteiger partial charge in [0.05, 0.1) is 27.7 Å². The molecule has 2 aliphatic heterocycles. The molecule has 40 heavy (non-hydrogen) atoms. The van der Waals surface area contributed by atoms with Crippen LogP contribution in [0.15, 0.2) is 70.6 Å². The minimum atomic E-state index is -3.75. The van der Waals surface area contributed by atoms with Crippen LogP contribution in [0.5, 0.6) is 0 Å². The second kappa shape index (κ2) is 11.6. The number of amides is 1. The maximum Gasteiger partial charge on any atom is 0.266 e. The molecule has 0 aliphatic carbocycles. The van der Waals surface area contributed by atoms with Crippen LogP contribution >= 0.6 is 24.0 Å². The first-order valence-electron chi connectivity index (χ1n) is 13.2. The summed E-state index contributed by atoms with van der Waals surface area (Å²) in [5, 5.41) is 4.84. The number of hydrogen-bond acceptors (Lipinski definition) is 7. The fourth-order valence-electron chi connectivity index (χ4n) is 4.87. The molecular formula is C29H32N4O4S3. The van der Waals surface area contributed by atoms with Gasteiger partial charge in [-0.1, -0.05) is 68.2 Å². The molecule has 0 radical (unpaired) electrons. The zero-order valence-corrected chi connectivity index (χ0v) is 25.3. The van der Waals surface area contributed by atoms with E-state index >= 15 is 0 Å². The number of thioether (sulfide) groups is 1. The third-order valence-electron chi connectivity index (χ3n) is 6.60. The van der Waals surface area contributed by atoms with E-state index in [0.717, 1.165) is 5.69 Å². The number of hydrogen-bond donors (Lipinski definition) is 0. The second-order valence-electron chi connectivity index (χ2n) is 10.5. The van der Waals surface area contributed by atoms with Crippen LogP contribution in [0.1, 0.15) is 33.3 Å². The van der Waals surface area contributed by atoms with Crippen molar-refractivity contribution >= 4 is 50.3 Å². The first-order valence-corrected chi connectivity index (χ1v) is 15.9. The number of thiocarbonyl (C=S) groups is 1. The molecule has 2 saturated heterocycles. The van der Waals surface area contributed by atoms with Gasteiger partial charge in [-0.15, -0.1) is 0 Å². The Morgan fingerprint density at radius 3 is 2.48 bits per heavy atom. The summed E-state index contributed by atoms with van der Waals surface area (Å²) in [6.45, 7) is 8.98. The van der Waals surface area contributed by atoms with Crippen molar-refractivity contribution in [3.8, 4) is 16.9 Å². The average molecular weight is 597 g/mol. The Balaban J connectivity index is 1.57. The molecule has 1 aromatic heterocycles. The van der Waals surface area contributed by atoms with Gasteiger partial charge in [0.25, 0.3) is 5.91 Å². The van der Waals surface area contributed by atoms with Crippen LogP contribution in [0.4, 0.5) is 0 Å². The fourth-order valence-corrected chi connectivity index (χ4v) is 7.78. The number of morpholine rings is 1. The topological polar surface area (TPSA) is 84.7 Å². The fraction of sp³-hybridized carbons (Fsp3) is 0.345. The van der Waals surface area contributed by atoms with E-state index < -0.39 is 10.0 Å². The van der Waals surface area contributed by atoms with Crippen LogP contribution in [-0.2, 0) is 19.6 Å². The molecule has 2 atom stereocenters. The van der Waals surface area contributed by atoms with E-state index in [1.54, 1.807) is 33.9 Å². The van der Waals surface area contributed by atoms with Crippen molar-refractivity contribution in [3.63, 3.8) is 0 Å². The summed E-state index contributed by atoms with van der Waals surface area (Å²) in [5.41, 5.74) is 2.74. The Hall–Kier alpha value is -2.83. The summed E-state index contributed by atoms with van der Waals surface area (Å²) in [4.78, 5) is 15.6. The Kier molecular flexibility index (Phi) is 8.30. The number of carbonyl (C=O) groups excluding carboxylic acids is 1. The van der Waals surface area contributed by atoms with E-state index in [1.165, 1.54) is 16.1 Å². The van der Waals surface area contributed by atoms with Crippen molar-refractivity contribution in [2.45, 2.75) is 44.8 Å². The van der Waals surface area contributed by atoms with E-state index in [-0.39, 0.29) is 28.9 Å². The lowest BCUT2D eigenvalue weighted by atomic mass is 10.1. The smallest absolute Gasteiger partial charge is 0.266 e. The first kappa shape index (κ1) is 28.7. The van der Waals surface area contributed by atoms with Crippen molar-refractivity contribution in [3.05, 3.63) is 71.3 Å². The first-order chi connectivity index (χ1) is 19.0. The van der Waals surface area contributed by atoms with Gasteiger partial charge in [-0.3, -0.25) is 9.69 Å². The Morgan fingerprint density at radius 2 is 1.80 bits per heavy atom. The number of aromatic nitrogens is 2. The van der Waals surface area contributed by atoms with Crippen LogP contribution in [-0.4, -0.2) is 69.5 Å². The van der Waals surface area contributed by atoms with Crippen LogP contribution in [0, 0.1) is 5.92 Å². The lowest BCUT2D eigenvalue weighted by molar-refractivity contribution is -0.122. The van der Waals surface area contributed by atoms with Crippen molar-refractivity contribution in [2.75, 3.05) is 19.6 Å². The molecule has 2 unspecified atom stereocenters. The molecule has 0 N–H and O–H groups in total. The maximum atomic E-state index is 13.6. The number of nitrogens with zero attached hydrogens (tertiary/aromatic N) is 4. The molecule has 2 aromatic carbocycles. The monoisotopic (exact) mass is 596 g/mol. The predicted octanol–water partition coefficient (Wildman–Crippen LogP) is 5.19.